The molecule has 0 bridgehead atoms. The molecule has 0 aliphatic carbocycles. The van der Waals surface area contributed by atoms with E-state index in [1.165, 1.54) is 0 Å². The fraction of sp³-hybridized carbons (Fsp3) is 0.652. The number of nitrogens with one attached hydrogen (secondary N) is 2. The first kappa shape index (κ1) is 23.2. The van der Waals surface area contributed by atoms with E-state index in [1.54, 1.807) is 0 Å². The third-order valence-corrected chi connectivity index (χ3v) is 5.23. The summed E-state index contributed by atoms with van der Waals surface area (Å²) in [6, 6.07) is 5.79. The molecular formula is C23H38N2O2. The van der Waals surface area contributed by atoms with Crippen molar-refractivity contribution in [2.45, 2.75) is 86.0 Å². The van der Waals surface area contributed by atoms with E-state index >= 15 is 0 Å². The highest BCUT2D eigenvalue weighted by Crippen LogP contribution is 2.26. The first-order chi connectivity index (χ1) is 13.0. The Balaban J connectivity index is 2.90. The number of rotatable bonds is 12. The molecule has 0 heterocycles. The van der Waals surface area contributed by atoms with Gasteiger partial charge in [0.05, 0.1) is 11.4 Å². The molecule has 27 heavy (non-hydrogen) atoms. The predicted octanol–water partition coefficient (Wildman–Crippen LogP) is 6.30. The molecule has 0 saturated heterocycles. The Kier molecular flexibility index (Phi) is 10.8. The molecule has 2 N–H and O–H groups in total. The third-order valence-electron chi connectivity index (χ3n) is 5.23. The molecule has 4 heteroatoms. The maximum Gasteiger partial charge on any atom is 0.227 e. The SMILES string of the molecule is CCCC[C@H](CC)C(=O)Nc1ccc(C)cc1NC(=O)[C@@H](CC)CCCC. The lowest BCUT2D eigenvalue weighted by molar-refractivity contribution is -0.121. The fourth-order valence-corrected chi connectivity index (χ4v) is 3.28. The lowest BCUT2D eigenvalue weighted by atomic mass is 9.97. The normalized spacial score (nSPS) is 13.1. The van der Waals surface area contributed by atoms with Crippen molar-refractivity contribution in [2.75, 3.05) is 10.6 Å². The van der Waals surface area contributed by atoms with Crippen LogP contribution in [-0.2, 0) is 9.59 Å². The maximum atomic E-state index is 12.7. The van der Waals surface area contributed by atoms with Gasteiger partial charge >= 0.3 is 0 Å². The largest absolute Gasteiger partial charge is 0.324 e. The van der Waals surface area contributed by atoms with Gasteiger partial charge in [0.1, 0.15) is 0 Å². The van der Waals surface area contributed by atoms with Gasteiger partial charge in [0.25, 0.3) is 0 Å². The molecule has 2 amide bonds. The van der Waals surface area contributed by atoms with Crippen LogP contribution in [0.15, 0.2) is 18.2 Å². The third kappa shape index (κ3) is 7.74. The Labute approximate surface area is 165 Å². The van der Waals surface area contributed by atoms with E-state index < -0.39 is 0 Å². The van der Waals surface area contributed by atoms with E-state index in [0.29, 0.717) is 11.4 Å². The predicted molar refractivity (Wildman–Crippen MR) is 115 cm³/mol. The second-order valence-electron chi connectivity index (χ2n) is 7.52. The molecule has 1 rings (SSSR count). The lowest BCUT2D eigenvalue weighted by Crippen LogP contribution is -2.25. The molecule has 152 valence electrons. The van der Waals surface area contributed by atoms with Crippen molar-refractivity contribution in [3.05, 3.63) is 23.8 Å². The number of unbranched alkanes of at least 4 members (excludes halogenated alkanes) is 2. The summed E-state index contributed by atoms with van der Waals surface area (Å²) in [7, 11) is 0. The molecule has 0 aliphatic rings. The molecule has 0 aliphatic heterocycles. The zero-order valence-electron chi connectivity index (χ0n) is 17.9. The van der Waals surface area contributed by atoms with Crippen molar-refractivity contribution < 1.29 is 9.59 Å². The minimum Gasteiger partial charge on any atom is -0.324 e. The highest BCUT2D eigenvalue weighted by molar-refractivity contribution is 6.01. The first-order valence-electron chi connectivity index (χ1n) is 10.7. The lowest BCUT2D eigenvalue weighted by Gasteiger charge is -2.19. The minimum atomic E-state index is 0.0157. The number of benzene rings is 1. The quantitative estimate of drug-likeness (QED) is 0.451. The van der Waals surface area contributed by atoms with Gasteiger partial charge in [-0.3, -0.25) is 9.59 Å². The summed E-state index contributed by atoms with van der Waals surface area (Å²) >= 11 is 0. The smallest absolute Gasteiger partial charge is 0.227 e. The van der Waals surface area contributed by atoms with Crippen LogP contribution in [0.1, 0.15) is 84.6 Å². The fourth-order valence-electron chi connectivity index (χ4n) is 3.28. The van der Waals surface area contributed by atoms with Gasteiger partial charge in [-0.25, -0.2) is 0 Å². The molecule has 4 nitrogen and oxygen atoms in total. The van der Waals surface area contributed by atoms with E-state index in [2.05, 4.69) is 38.3 Å². The van der Waals surface area contributed by atoms with Crippen molar-refractivity contribution in [1.29, 1.82) is 0 Å². The zero-order valence-corrected chi connectivity index (χ0v) is 17.9. The van der Waals surface area contributed by atoms with Crippen LogP contribution in [0, 0.1) is 18.8 Å². The molecule has 0 unspecified atom stereocenters. The Hall–Kier alpha value is -1.84. The van der Waals surface area contributed by atoms with Crippen molar-refractivity contribution in [1.82, 2.24) is 0 Å². The summed E-state index contributed by atoms with van der Waals surface area (Å²) in [5.41, 5.74) is 2.45. The van der Waals surface area contributed by atoms with Gasteiger partial charge in [0.2, 0.25) is 11.8 Å². The van der Waals surface area contributed by atoms with E-state index in [0.717, 1.165) is 56.9 Å². The van der Waals surface area contributed by atoms with Crippen molar-refractivity contribution in [2.24, 2.45) is 11.8 Å². The topological polar surface area (TPSA) is 58.2 Å². The number of aryl methyl sites for hydroxylation is 1. The number of anilines is 2. The number of carbonyl (C=O) groups is 2. The van der Waals surface area contributed by atoms with Crippen LogP contribution in [0.3, 0.4) is 0 Å². The highest BCUT2D eigenvalue weighted by Gasteiger charge is 2.20. The number of hydrogen-bond acceptors (Lipinski definition) is 2. The van der Waals surface area contributed by atoms with Gasteiger partial charge in [-0.2, -0.15) is 0 Å². The zero-order chi connectivity index (χ0) is 20.2. The molecule has 0 fully saturated rings. The highest BCUT2D eigenvalue weighted by atomic mass is 16.2. The van der Waals surface area contributed by atoms with Gasteiger partial charge in [-0.05, 0) is 50.3 Å². The number of hydrogen-bond donors (Lipinski definition) is 2. The second-order valence-corrected chi connectivity index (χ2v) is 7.52. The van der Waals surface area contributed by atoms with Gasteiger partial charge in [0, 0.05) is 11.8 Å². The summed E-state index contributed by atoms with van der Waals surface area (Å²) in [4.78, 5) is 25.4. The summed E-state index contributed by atoms with van der Waals surface area (Å²) < 4.78 is 0. The van der Waals surface area contributed by atoms with Gasteiger partial charge in [-0.1, -0.05) is 59.4 Å². The van der Waals surface area contributed by atoms with E-state index in [-0.39, 0.29) is 23.7 Å². The molecule has 1 aromatic rings. The molecule has 0 radical (unpaired) electrons. The summed E-state index contributed by atoms with van der Waals surface area (Å²) in [6.45, 7) is 10.4. The van der Waals surface area contributed by atoms with Crippen LogP contribution >= 0.6 is 0 Å². The molecule has 1 aromatic carbocycles. The Morgan fingerprint density at radius 1 is 0.815 bits per heavy atom. The van der Waals surface area contributed by atoms with Gasteiger partial charge < -0.3 is 10.6 Å². The van der Waals surface area contributed by atoms with Crippen LogP contribution in [0.25, 0.3) is 0 Å². The van der Waals surface area contributed by atoms with E-state index in [9.17, 15) is 9.59 Å². The van der Waals surface area contributed by atoms with Gasteiger partial charge in [-0.15, -0.1) is 0 Å². The Bertz CT molecular complexity index is 598. The number of amides is 2. The molecule has 0 aromatic heterocycles. The van der Waals surface area contributed by atoms with Crippen LogP contribution in [0.5, 0.6) is 0 Å². The molecule has 0 spiro atoms. The van der Waals surface area contributed by atoms with E-state index in [4.69, 9.17) is 0 Å². The summed E-state index contributed by atoms with van der Waals surface area (Å²) in [5.74, 6) is 0.123. The Morgan fingerprint density at radius 2 is 1.30 bits per heavy atom. The average Bonchev–Trinajstić information content (AvgIpc) is 2.65. The monoisotopic (exact) mass is 374 g/mol. The molecule has 2 atom stereocenters. The molecule has 0 saturated carbocycles. The maximum absolute atomic E-state index is 12.7. The summed E-state index contributed by atoms with van der Waals surface area (Å²) in [5, 5.41) is 6.11. The average molecular weight is 375 g/mol. The van der Waals surface area contributed by atoms with Crippen LogP contribution < -0.4 is 10.6 Å². The van der Waals surface area contributed by atoms with Crippen LogP contribution in [0.4, 0.5) is 11.4 Å². The number of carbonyl (C=O) groups excluding carboxylic acids is 2. The Morgan fingerprint density at radius 3 is 1.74 bits per heavy atom. The second kappa shape index (κ2) is 12.5. The summed E-state index contributed by atoms with van der Waals surface area (Å²) in [6.07, 6.45) is 7.75. The van der Waals surface area contributed by atoms with Gasteiger partial charge in [0.15, 0.2) is 0 Å². The first-order valence-corrected chi connectivity index (χ1v) is 10.7. The minimum absolute atomic E-state index is 0.0157. The standard InChI is InChI=1S/C23H38N2O2/c1-6-10-12-18(8-3)22(26)24-20-15-14-17(5)16-21(20)25-23(27)19(9-4)13-11-7-2/h14-16,18-19H,6-13H2,1-5H3,(H,24,26)(H,25,27)/t18-,19-/m0/s1. The molecular weight excluding hydrogens is 336 g/mol. The van der Waals surface area contributed by atoms with E-state index in [1.807, 2.05) is 25.1 Å². The van der Waals surface area contributed by atoms with Crippen molar-refractivity contribution >= 4 is 23.2 Å². The van der Waals surface area contributed by atoms with Crippen LogP contribution in [-0.4, -0.2) is 11.8 Å². The van der Waals surface area contributed by atoms with Crippen molar-refractivity contribution in [3.63, 3.8) is 0 Å². The van der Waals surface area contributed by atoms with Crippen LogP contribution in [0.2, 0.25) is 0 Å². The van der Waals surface area contributed by atoms with Crippen molar-refractivity contribution in [3.8, 4) is 0 Å².